The molecule has 0 aliphatic carbocycles. The van der Waals surface area contributed by atoms with Gasteiger partial charge in [-0.2, -0.15) is 0 Å². The summed E-state index contributed by atoms with van der Waals surface area (Å²) in [5.41, 5.74) is 9.19. The third kappa shape index (κ3) is 2.57. The second-order valence-electron chi connectivity index (χ2n) is 5.37. The predicted octanol–water partition coefficient (Wildman–Crippen LogP) is 3.78. The number of nitrogens with zero attached hydrogens (tertiary/aromatic N) is 2. The molecular weight excluding hydrogens is 262 g/mol. The number of pyridine rings is 1. The lowest BCUT2D eigenvalue weighted by atomic mass is 10.1. The monoisotopic (exact) mass is 281 g/mol. The van der Waals surface area contributed by atoms with E-state index in [2.05, 4.69) is 35.7 Å². The normalized spacial score (nSPS) is 11.2. The van der Waals surface area contributed by atoms with Crippen molar-refractivity contribution in [3.63, 3.8) is 0 Å². The van der Waals surface area contributed by atoms with E-state index < -0.39 is 0 Å². The van der Waals surface area contributed by atoms with Crippen LogP contribution in [0, 0.1) is 0 Å². The van der Waals surface area contributed by atoms with E-state index in [1.165, 1.54) is 0 Å². The van der Waals surface area contributed by atoms with Gasteiger partial charge >= 0.3 is 0 Å². The minimum absolute atomic E-state index is 0.376. The van der Waals surface area contributed by atoms with Gasteiger partial charge in [0.2, 0.25) is 0 Å². The second-order valence-corrected chi connectivity index (χ2v) is 5.37. The van der Waals surface area contributed by atoms with E-state index in [9.17, 15) is 0 Å². The summed E-state index contributed by atoms with van der Waals surface area (Å²) < 4.78 is 8.05. The van der Waals surface area contributed by atoms with Crippen LogP contribution >= 0.6 is 0 Å². The lowest BCUT2D eigenvalue weighted by molar-refractivity contribution is 0.306. The van der Waals surface area contributed by atoms with Crippen molar-refractivity contribution >= 4 is 16.6 Å². The van der Waals surface area contributed by atoms with Crippen molar-refractivity contribution in [2.24, 2.45) is 0 Å². The van der Waals surface area contributed by atoms with Gasteiger partial charge in [0, 0.05) is 35.1 Å². The third-order valence-corrected chi connectivity index (χ3v) is 3.55. The molecule has 2 heterocycles. The van der Waals surface area contributed by atoms with Gasteiger partial charge in [0.1, 0.15) is 12.4 Å². The smallest absolute Gasteiger partial charge is 0.138 e. The third-order valence-electron chi connectivity index (χ3n) is 3.55. The van der Waals surface area contributed by atoms with Gasteiger partial charge in [0.15, 0.2) is 0 Å². The maximum Gasteiger partial charge on any atom is 0.138 e. The largest absolute Gasteiger partial charge is 0.487 e. The number of rotatable bonds is 4. The molecule has 0 spiro atoms. The Balaban J connectivity index is 1.98. The highest BCUT2D eigenvalue weighted by atomic mass is 16.5. The Morgan fingerprint density at radius 2 is 2.10 bits per heavy atom. The Bertz CT molecular complexity index is 747. The molecule has 0 radical (unpaired) electrons. The standard InChI is InChI=1S/C17H19N3O/c1-12(2)20-10-13(11-21-14-5-4-8-19-9-14)17-15(18)6-3-7-16(17)20/h3-10,12H,11,18H2,1-2H3. The molecule has 0 aliphatic heterocycles. The number of ether oxygens (including phenoxy) is 1. The molecule has 2 N–H and O–H groups in total. The van der Waals surface area contributed by atoms with Gasteiger partial charge in [-0.05, 0) is 38.1 Å². The number of nitrogens with two attached hydrogens (primary N) is 1. The number of anilines is 1. The van der Waals surface area contributed by atoms with Crippen LogP contribution in [0.3, 0.4) is 0 Å². The first-order valence-electron chi connectivity index (χ1n) is 7.07. The summed E-state index contributed by atoms with van der Waals surface area (Å²) in [5.74, 6) is 0.762. The van der Waals surface area contributed by atoms with Gasteiger partial charge < -0.3 is 15.0 Å². The van der Waals surface area contributed by atoms with Crippen LogP contribution in [-0.4, -0.2) is 9.55 Å². The Morgan fingerprint density at radius 3 is 2.81 bits per heavy atom. The molecule has 108 valence electrons. The zero-order valence-electron chi connectivity index (χ0n) is 12.3. The first kappa shape index (κ1) is 13.5. The van der Waals surface area contributed by atoms with Gasteiger partial charge in [-0.3, -0.25) is 4.98 Å². The molecule has 0 fully saturated rings. The van der Waals surface area contributed by atoms with Crippen LogP contribution < -0.4 is 10.5 Å². The minimum atomic E-state index is 0.376. The van der Waals surface area contributed by atoms with Crippen LogP contribution in [0.4, 0.5) is 5.69 Å². The fourth-order valence-electron chi connectivity index (χ4n) is 2.55. The number of hydrogen-bond donors (Lipinski definition) is 1. The molecule has 21 heavy (non-hydrogen) atoms. The van der Waals surface area contributed by atoms with Crippen molar-refractivity contribution in [3.8, 4) is 5.75 Å². The van der Waals surface area contributed by atoms with Crippen LogP contribution in [0.5, 0.6) is 5.75 Å². The van der Waals surface area contributed by atoms with Crippen molar-refractivity contribution in [2.45, 2.75) is 26.5 Å². The molecule has 3 rings (SSSR count). The van der Waals surface area contributed by atoms with Crippen LogP contribution in [0.25, 0.3) is 10.9 Å². The summed E-state index contributed by atoms with van der Waals surface area (Å²) in [5, 5.41) is 1.08. The van der Waals surface area contributed by atoms with Crippen LogP contribution in [0.15, 0.2) is 48.9 Å². The van der Waals surface area contributed by atoms with Crippen LogP contribution in [0.2, 0.25) is 0 Å². The summed E-state index contributed by atoms with van der Waals surface area (Å²) in [7, 11) is 0. The Labute approximate surface area is 124 Å². The number of hydrogen-bond acceptors (Lipinski definition) is 3. The van der Waals surface area contributed by atoms with Crippen LogP contribution in [0.1, 0.15) is 25.5 Å². The van der Waals surface area contributed by atoms with E-state index in [4.69, 9.17) is 10.5 Å². The van der Waals surface area contributed by atoms with Crippen LogP contribution in [-0.2, 0) is 6.61 Å². The zero-order valence-corrected chi connectivity index (χ0v) is 12.3. The zero-order chi connectivity index (χ0) is 14.8. The topological polar surface area (TPSA) is 53.1 Å². The second kappa shape index (κ2) is 5.48. The lowest BCUT2D eigenvalue weighted by Gasteiger charge is -2.08. The Kier molecular flexibility index (Phi) is 3.52. The average molecular weight is 281 g/mol. The molecule has 0 atom stereocenters. The predicted molar refractivity (Wildman–Crippen MR) is 85.3 cm³/mol. The molecule has 0 aliphatic rings. The summed E-state index contributed by atoms with van der Waals surface area (Å²) in [6, 6.07) is 10.2. The van der Waals surface area contributed by atoms with E-state index in [1.54, 1.807) is 12.4 Å². The van der Waals surface area contributed by atoms with Gasteiger partial charge in [0.25, 0.3) is 0 Å². The summed E-state index contributed by atoms with van der Waals surface area (Å²) in [4.78, 5) is 4.06. The molecule has 0 saturated carbocycles. The highest BCUT2D eigenvalue weighted by molar-refractivity contribution is 5.94. The SMILES string of the molecule is CC(C)n1cc(COc2cccnc2)c2c(N)cccc21. The van der Waals surface area contributed by atoms with Crippen molar-refractivity contribution in [1.82, 2.24) is 9.55 Å². The molecule has 3 aromatic rings. The minimum Gasteiger partial charge on any atom is -0.487 e. The number of aromatic nitrogens is 2. The highest BCUT2D eigenvalue weighted by Gasteiger charge is 2.13. The first-order chi connectivity index (χ1) is 10.2. The highest BCUT2D eigenvalue weighted by Crippen LogP contribution is 2.30. The number of benzene rings is 1. The lowest BCUT2D eigenvalue weighted by Crippen LogP contribution is -1.98. The molecular formula is C17H19N3O. The van der Waals surface area contributed by atoms with E-state index >= 15 is 0 Å². The quantitative estimate of drug-likeness (QED) is 0.740. The van der Waals surface area contributed by atoms with Gasteiger partial charge in [-0.1, -0.05) is 6.07 Å². The van der Waals surface area contributed by atoms with E-state index in [-0.39, 0.29) is 0 Å². The van der Waals surface area contributed by atoms with Crippen molar-refractivity contribution in [1.29, 1.82) is 0 Å². The molecule has 0 saturated heterocycles. The number of fused-ring (bicyclic) bond motifs is 1. The van der Waals surface area contributed by atoms with Crippen molar-refractivity contribution < 1.29 is 4.74 Å². The van der Waals surface area contributed by atoms with Crippen molar-refractivity contribution in [3.05, 3.63) is 54.5 Å². The van der Waals surface area contributed by atoms with Gasteiger partial charge in [0.05, 0.1) is 11.7 Å². The molecule has 0 amide bonds. The summed E-state index contributed by atoms with van der Waals surface area (Å²) in [6.07, 6.45) is 5.57. The van der Waals surface area contributed by atoms with Gasteiger partial charge in [-0.15, -0.1) is 0 Å². The molecule has 1 aromatic carbocycles. The first-order valence-corrected chi connectivity index (χ1v) is 7.07. The summed E-state index contributed by atoms with van der Waals surface area (Å²) >= 11 is 0. The average Bonchev–Trinajstić information content (AvgIpc) is 2.87. The Hall–Kier alpha value is -2.49. The molecule has 0 bridgehead atoms. The molecule has 4 heteroatoms. The fourth-order valence-corrected chi connectivity index (χ4v) is 2.55. The fraction of sp³-hybridized carbons (Fsp3) is 0.235. The van der Waals surface area contributed by atoms with Crippen molar-refractivity contribution in [2.75, 3.05) is 5.73 Å². The summed E-state index contributed by atoms with van der Waals surface area (Å²) in [6.45, 7) is 4.80. The van der Waals surface area contributed by atoms with E-state index in [0.29, 0.717) is 12.6 Å². The molecule has 4 nitrogen and oxygen atoms in total. The van der Waals surface area contributed by atoms with E-state index in [1.807, 2.05) is 24.3 Å². The van der Waals surface area contributed by atoms with E-state index in [0.717, 1.165) is 27.9 Å². The molecule has 2 aromatic heterocycles. The Morgan fingerprint density at radius 1 is 1.24 bits per heavy atom. The maximum atomic E-state index is 6.16. The maximum absolute atomic E-state index is 6.16. The number of nitrogen functional groups attached to an aromatic ring is 1. The van der Waals surface area contributed by atoms with Gasteiger partial charge in [-0.25, -0.2) is 0 Å². The molecule has 0 unspecified atom stereocenters.